The van der Waals surface area contributed by atoms with E-state index in [4.69, 9.17) is 0 Å². The maximum atomic E-state index is 2.45. The summed E-state index contributed by atoms with van der Waals surface area (Å²) in [4.78, 5) is 2.41. The third-order valence-electron chi connectivity index (χ3n) is 12.9. The number of benzene rings is 10. The van der Waals surface area contributed by atoms with Crippen LogP contribution in [0.1, 0.15) is 0 Å². The number of hydrogen-bond donors (Lipinski definition) is 0. The van der Waals surface area contributed by atoms with E-state index < -0.39 is 0 Å². The van der Waals surface area contributed by atoms with Gasteiger partial charge in [-0.05, 0) is 128 Å². The Morgan fingerprint density at radius 2 is 0.952 bits per heavy atom. The smallest absolute Gasteiger partial charge is 0.0547 e. The Labute approximate surface area is 368 Å². The molecule has 10 aromatic carbocycles. The lowest BCUT2D eigenvalue weighted by Crippen LogP contribution is -2.09. The van der Waals surface area contributed by atoms with Gasteiger partial charge in [-0.15, -0.1) is 11.3 Å². The molecule has 294 valence electrons. The van der Waals surface area contributed by atoms with E-state index in [9.17, 15) is 0 Å². The number of nitrogens with zero attached hydrogens (tertiary/aromatic N) is 2. The molecule has 0 saturated heterocycles. The highest BCUT2D eigenvalue weighted by Crippen LogP contribution is 2.45. The highest BCUT2D eigenvalue weighted by atomic mass is 32.1. The monoisotopic (exact) mass is 818 g/mol. The van der Waals surface area contributed by atoms with E-state index in [0.29, 0.717) is 0 Å². The molecule has 3 heterocycles. The van der Waals surface area contributed by atoms with Crippen LogP contribution in [0.2, 0.25) is 0 Å². The summed E-state index contributed by atoms with van der Waals surface area (Å²) >= 11 is 1.86. The zero-order valence-corrected chi connectivity index (χ0v) is 35.1. The minimum absolute atomic E-state index is 1.11. The van der Waals surface area contributed by atoms with E-state index in [-0.39, 0.29) is 0 Å². The number of rotatable bonds is 6. The molecular weight excluding hydrogens is 781 g/mol. The largest absolute Gasteiger partial charge is 0.310 e. The molecular formula is C60H38N2S. The molecule has 3 heteroatoms. The van der Waals surface area contributed by atoms with Crippen LogP contribution in [0.25, 0.3) is 102 Å². The first-order valence-electron chi connectivity index (χ1n) is 21.6. The number of fused-ring (bicyclic) bond motifs is 11. The SMILES string of the molecule is c1ccc(-c2c3c(-c4cccc(-c5ccc(N(c6ccc7c(ccc8ccccc87)c6)c6ccc7sc8ccccc8c7c6)cc5)c4)cccc3n3c2ccc2ccccc23)cc1. The lowest BCUT2D eigenvalue weighted by atomic mass is 9.93. The number of aromatic nitrogens is 1. The Balaban J connectivity index is 0.943. The lowest BCUT2D eigenvalue weighted by molar-refractivity contribution is 1.30. The van der Waals surface area contributed by atoms with Gasteiger partial charge in [-0.3, -0.25) is 0 Å². The van der Waals surface area contributed by atoms with Gasteiger partial charge in [0.2, 0.25) is 0 Å². The summed E-state index contributed by atoms with van der Waals surface area (Å²) in [5.41, 5.74) is 14.3. The van der Waals surface area contributed by atoms with Gasteiger partial charge in [0.05, 0.1) is 16.6 Å². The Bertz CT molecular complexity index is 3910. The average Bonchev–Trinajstić information content (AvgIpc) is 3.90. The van der Waals surface area contributed by atoms with Crippen LogP contribution in [0.5, 0.6) is 0 Å². The molecule has 0 bridgehead atoms. The van der Waals surface area contributed by atoms with Crippen molar-refractivity contribution in [3.63, 3.8) is 0 Å². The fraction of sp³-hybridized carbons (Fsp3) is 0. The van der Waals surface area contributed by atoms with E-state index in [1.165, 1.54) is 102 Å². The number of hydrogen-bond acceptors (Lipinski definition) is 2. The summed E-state index contributed by atoms with van der Waals surface area (Å²) in [7, 11) is 0. The van der Waals surface area contributed by atoms with Crippen LogP contribution in [0.4, 0.5) is 17.1 Å². The Kier molecular flexibility index (Phi) is 8.12. The summed E-state index contributed by atoms with van der Waals surface area (Å²) in [6, 6.07) is 84.8. The van der Waals surface area contributed by atoms with Crippen molar-refractivity contribution in [2.45, 2.75) is 0 Å². The van der Waals surface area contributed by atoms with Gasteiger partial charge in [0.1, 0.15) is 0 Å². The number of anilines is 3. The normalized spacial score (nSPS) is 11.8. The molecule has 0 aliphatic heterocycles. The lowest BCUT2D eigenvalue weighted by Gasteiger charge is -2.26. The molecule has 0 spiro atoms. The fourth-order valence-electron chi connectivity index (χ4n) is 10.0. The topological polar surface area (TPSA) is 7.65 Å². The minimum Gasteiger partial charge on any atom is -0.310 e. The molecule has 0 aliphatic rings. The van der Waals surface area contributed by atoms with Gasteiger partial charge in [-0.1, -0.05) is 158 Å². The van der Waals surface area contributed by atoms with Gasteiger partial charge < -0.3 is 9.30 Å². The minimum atomic E-state index is 1.11. The van der Waals surface area contributed by atoms with Gasteiger partial charge >= 0.3 is 0 Å². The van der Waals surface area contributed by atoms with Gasteiger partial charge in [0, 0.05) is 48.2 Å². The standard InChI is InChI=1S/C60H38N2S/c1-2-14-42(15-3-1)59-56-34-28-41-13-5-8-21-54(41)62(56)55-22-11-20-51(60(55)59)44-17-10-16-43(36-44)39-26-29-46(30-27-39)61(48-32-35-58-53(38-48)52-19-7-9-23-57(52)63-58)47-31-33-50-45(37-47)25-24-40-12-4-6-18-49(40)50/h1-38H. The van der Waals surface area contributed by atoms with Gasteiger partial charge in [0.25, 0.3) is 0 Å². The molecule has 0 atom stereocenters. The first-order valence-corrected chi connectivity index (χ1v) is 22.4. The molecule has 0 unspecified atom stereocenters. The van der Waals surface area contributed by atoms with Crippen molar-refractivity contribution in [2.24, 2.45) is 0 Å². The van der Waals surface area contributed by atoms with Crippen molar-refractivity contribution in [3.8, 4) is 33.4 Å². The van der Waals surface area contributed by atoms with E-state index in [1.54, 1.807) is 0 Å². The van der Waals surface area contributed by atoms with Gasteiger partial charge in [-0.2, -0.15) is 0 Å². The van der Waals surface area contributed by atoms with Crippen LogP contribution in [0.3, 0.4) is 0 Å². The van der Waals surface area contributed by atoms with Crippen molar-refractivity contribution >= 4 is 97.4 Å². The molecule has 0 amide bonds. The predicted molar refractivity (Wildman–Crippen MR) is 271 cm³/mol. The summed E-state index contributed by atoms with van der Waals surface area (Å²) in [5, 5.41) is 10.1. The molecule has 0 saturated carbocycles. The first kappa shape index (κ1) is 35.7. The molecule has 0 fully saturated rings. The maximum absolute atomic E-state index is 2.45. The maximum Gasteiger partial charge on any atom is 0.0547 e. The summed E-state index contributed by atoms with van der Waals surface area (Å²) in [6.45, 7) is 0. The van der Waals surface area contributed by atoms with E-state index in [0.717, 1.165) is 17.1 Å². The molecule has 0 aliphatic carbocycles. The summed E-state index contributed by atoms with van der Waals surface area (Å²) in [5.74, 6) is 0. The van der Waals surface area contributed by atoms with Crippen molar-refractivity contribution in [1.82, 2.24) is 4.40 Å². The van der Waals surface area contributed by atoms with E-state index in [1.807, 2.05) is 11.3 Å². The third-order valence-corrected chi connectivity index (χ3v) is 14.1. The highest BCUT2D eigenvalue weighted by molar-refractivity contribution is 7.25. The van der Waals surface area contributed by atoms with Crippen LogP contribution in [0, 0.1) is 0 Å². The van der Waals surface area contributed by atoms with Crippen molar-refractivity contribution < 1.29 is 0 Å². The van der Waals surface area contributed by atoms with Crippen molar-refractivity contribution in [1.29, 1.82) is 0 Å². The number of thiophene rings is 1. The number of para-hydroxylation sites is 1. The second-order valence-corrected chi connectivity index (χ2v) is 17.6. The quantitative estimate of drug-likeness (QED) is 0.152. The second-order valence-electron chi connectivity index (χ2n) is 16.5. The highest BCUT2D eigenvalue weighted by Gasteiger charge is 2.20. The molecule has 63 heavy (non-hydrogen) atoms. The Morgan fingerprint density at radius 1 is 0.317 bits per heavy atom. The molecule has 2 nitrogen and oxygen atoms in total. The summed E-state index contributed by atoms with van der Waals surface area (Å²) in [6.07, 6.45) is 0. The van der Waals surface area contributed by atoms with Crippen molar-refractivity contribution in [3.05, 3.63) is 231 Å². The van der Waals surface area contributed by atoms with Crippen LogP contribution < -0.4 is 4.90 Å². The van der Waals surface area contributed by atoms with E-state index in [2.05, 4.69) is 240 Å². The first-order chi connectivity index (χ1) is 31.2. The van der Waals surface area contributed by atoms with Gasteiger partial charge in [-0.25, -0.2) is 0 Å². The van der Waals surface area contributed by atoms with Crippen LogP contribution >= 0.6 is 11.3 Å². The second kappa shape index (κ2) is 14.3. The van der Waals surface area contributed by atoms with Crippen molar-refractivity contribution in [2.75, 3.05) is 4.90 Å². The predicted octanol–water partition coefficient (Wildman–Crippen LogP) is 17.4. The fourth-order valence-corrected chi connectivity index (χ4v) is 11.1. The molecule has 3 aromatic heterocycles. The summed E-state index contributed by atoms with van der Waals surface area (Å²) < 4.78 is 5.06. The number of pyridine rings is 1. The van der Waals surface area contributed by atoms with E-state index >= 15 is 0 Å². The zero-order chi connectivity index (χ0) is 41.4. The third kappa shape index (κ3) is 5.78. The van der Waals surface area contributed by atoms with Gasteiger partial charge in [0.15, 0.2) is 0 Å². The zero-order valence-electron chi connectivity index (χ0n) is 34.2. The average molecular weight is 819 g/mol. The Hall–Kier alpha value is -7.98. The molecule has 0 N–H and O–H groups in total. The molecule has 13 rings (SSSR count). The molecule has 13 aromatic rings. The molecule has 0 radical (unpaired) electrons. The van der Waals surface area contributed by atoms with Crippen LogP contribution in [-0.4, -0.2) is 4.40 Å². The Morgan fingerprint density at radius 3 is 1.86 bits per heavy atom. The van der Waals surface area contributed by atoms with Crippen LogP contribution in [0.15, 0.2) is 231 Å². The van der Waals surface area contributed by atoms with Crippen LogP contribution in [-0.2, 0) is 0 Å².